The van der Waals surface area contributed by atoms with Crippen molar-refractivity contribution in [3.63, 3.8) is 0 Å². The summed E-state index contributed by atoms with van der Waals surface area (Å²) in [5.41, 5.74) is 0. The van der Waals surface area contributed by atoms with Crippen LogP contribution in [0.4, 0.5) is 0 Å². The molecule has 0 amide bonds. The zero-order valence-electron chi connectivity index (χ0n) is 60.5. The Bertz CT molecular complexity index is 2090. The minimum Gasteiger partial charge on any atom is -0.462 e. The highest BCUT2D eigenvalue weighted by Crippen LogP contribution is 2.12. The number of carbonyl (C=O) groups is 3. The summed E-state index contributed by atoms with van der Waals surface area (Å²) in [6, 6.07) is 0. The number of hydrogen-bond acceptors (Lipinski definition) is 6. The van der Waals surface area contributed by atoms with Crippen molar-refractivity contribution >= 4 is 17.9 Å². The lowest BCUT2D eigenvalue weighted by atomic mass is 10.1. The van der Waals surface area contributed by atoms with Gasteiger partial charge < -0.3 is 14.2 Å². The van der Waals surface area contributed by atoms with Crippen molar-refractivity contribution < 1.29 is 82.1 Å². The molecule has 0 aromatic rings. The van der Waals surface area contributed by atoms with Gasteiger partial charge in [0.1, 0.15) is 13.2 Å². The van der Waals surface area contributed by atoms with E-state index in [0.717, 1.165) is 25.7 Å². The van der Waals surface area contributed by atoms with Crippen LogP contribution in [0.15, 0.2) is 0 Å². The average Bonchev–Trinajstić information content (AvgIpc) is 3.25. The van der Waals surface area contributed by atoms with Gasteiger partial charge in [-0.2, -0.15) is 0 Å². The normalized spacial score (nSPS) is 33.9. The number of esters is 3. The fourth-order valence-electron chi connectivity index (χ4n) is 2.38. The van der Waals surface area contributed by atoms with Gasteiger partial charge in [0.2, 0.25) is 0 Å². The highest BCUT2D eigenvalue weighted by molar-refractivity contribution is 5.71. The molecule has 0 aromatic heterocycles. The molecule has 0 aliphatic heterocycles. The molecule has 0 bridgehead atoms. The van der Waals surface area contributed by atoms with Crippen molar-refractivity contribution in [2.75, 3.05) is 13.2 Å². The van der Waals surface area contributed by atoms with Crippen LogP contribution in [0.3, 0.4) is 0 Å². The highest BCUT2D eigenvalue weighted by Gasteiger charge is 2.19. The molecule has 0 aliphatic carbocycles. The third-order valence-electron chi connectivity index (χ3n) is 4.06. The fourth-order valence-corrected chi connectivity index (χ4v) is 2.38. The molecule has 0 heterocycles. The molecule has 0 rings (SSSR count). The Labute approximate surface area is 295 Å². The van der Waals surface area contributed by atoms with Crippen LogP contribution in [0.5, 0.6) is 0 Å². The second kappa shape index (κ2) is 29.4. The molecule has 0 radical (unpaired) electrons. The predicted octanol–water partition coefficient (Wildman–Crippen LogP) is 9.41. The van der Waals surface area contributed by atoms with Gasteiger partial charge in [-0.15, -0.1) is 0 Å². The standard InChI is InChI=1S/C33H62O6/c1-4-7-10-13-16-19-22-25-31(34)37-28-30(39-33(36)27-24-21-18-15-12-9-6-3)29-38-32(35)26-23-20-17-14-11-8-5-2/h30H,4-29H2,1-3H3/i1D3,3D3,4D2,6D2,7D2,9D2,10D2,12D2,13D2,15D2,16D2,18D2,19D2,21D2,22D2,24D2,25D2,27D2,30D. The molecule has 0 saturated heterocycles. The fraction of sp³-hybridized carbons (Fsp3) is 0.909. The molecule has 0 saturated carbocycles. The molecule has 0 fully saturated rings. The Hall–Kier alpha value is -1.59. The van der Waals surface area contributed by atoms with Crippen LogP contribution < -0.4 is 0 Å². The lowest BCUT2D eigenvalue weighted by Crippen LogP contribution is -2.30. The topological polar surface area (TPSA) is 78.9 Å². The first-order valence-electron chi connectivity index (χ1n) is 31.3. The van der Waals surface area contributed by atoms with Gasteiger partial charge in [-0.3, -0.25) is 14.4 Å². The van der Waals surface area contributed by atoms with Crippen molar-refractivity contribution in [1.29, 1.82) is 0 Å². The number of carbonyl (C=O) groups excluding carboxylic acids is 3. The summed E-state index contributed by atoms with van der Waals surface area (Å²) in [5, 5.41) is 0. The van der Waals surface area contributed by atoms with E-state index in [-0.39, 0.29) is 6.42 Å². The molecule has 0 aromatic carbocycles. The van der Waals surface area contributed by atoms with Gasteiger partial charge in [-0.1, -0.05) is 136 Å². The van der Waals surface area contributed by atoms with E-state index in [2.05, 4.69) is 9.47 Å². The van der Waals surface area contributed by atoms with Gasteiger partial charge in [-0.05, 0) is 19.2 Å². The van der Waals surface area contributed by atoms with E-state index in [0.29, 0.717) is 12.8 Å². The Morgan fingerprint density at radius 1 is 0.615 bits per heavy atom. The molecule has 0 spiro atoms. The molecule has 6 heteroatoms. The van der Waals surface area contributed by atoms with E-state index in [1.165, 1.54) is 0 Å². The van der Waals surface area contributed by atoms with Crippen molar-refractivity contribution in [1.82, 2.24) is 0 Å². The molecule has 230 valence electrons. The van der Waals surface area contributed by atoms with Crippen LogP contribution in [0, 0.1) is 0 Å². The van der Waals surface area contributed by atoms with Crippen molar-refractivity contribution in [2.45, 2.75) is 180 Å². The number of hydrogen-bond donors (Lipinski definition) is 0. The first-order chi connectivity index (χ1) is 33.7. The Kier molecular flexibility index (Phi) is 6.57. The van der Waals surface area contributed by atoms with Crippen LogP contribution in [-0.2, 0) is 28.6 Å². The summed E-state index contributed by atoms with van der Waals surface area (Å²) < 4.78 is 327. The van der Waals surface area contributed by atoms with Gasteiger partial charge in [0.05, 0.1) is 1.37 Å². The van der Waals surface area contributed by atoms with E-state index < -0.39 is 159 Å². The largest absolute Gasteiger partial charge is 0.462 e. The summed E-state index contributed by atoms with van der Waals surface area (Å²) >= 11 is 0. The maximum Gasteiger partial charge on any atom is 0.306 e. The smallest absolute Gasteiger partial charge is 0.306 e. The molecule has 1 atom stereocenters. The van der Waals surface area contributed by atoms with Gasteiger partial charge in [-0.25, -0.2) is 0 Å². The zero-order valence-corrected chi connectivity index (χ0v) is 21.5. The van der Waals surface area contributed by atoms with Gasteiger partial charge in [0, 0.05) is 71.3 Å². The molecule has 0 aliphatic rings. The van der Waals surface area contributed by atoms with Crippen LogP contribution in [0.1, 0.15) is 227 Å². The van der Waals surface area contributed by atoms with Gasteiger partial charge in [0.15, 0.2) is 6.08 Å². The van der Waals surface area contributed by atoms with Crippen LogP contribution >= 0.6 is 0 Å². The lowest BCUT2D eigenvalue weighted by Gasteiger charge is -2.18. The Morgan fingerprint density at radius 2 is 1.08 bits per heavy atom. The van der Waals surface area contributed by atoms with Gasteiger partial charge >= 0.3 is 17.9 Å². The second-order valence-electron chi connectivity index (χ2n) is 7.04. The summed E-state index contributed by atoms with van der Waals surface area (Å²) in [6.45, 7) is -10.4. The van der Waals surface area contributed by atoms with E-state index in [4.69, 9.17) is 58.2 Å². The molecule has 0 N–H and O–H groups in total. The first-order valence-corrected chi connectivity index (χ1v) is 11.8. The maximum atomic E-state index is 13.7. The van der Waals surface area contributed by atoms with Crippen molar-refractivity contribution in [3.05, 3.63) is 0 Å². The quantitative estimate of drug-likeness (QED) is 0.0488. The van der Waals surface area contributed by atoms with E-state index in [1.807, 2.05) is 6.92 Å². The zero-order chi connectivity index (χ0) is 63.4. The minimum absolute atomic E-state index is 0.0830. The Balaban J connectivity index is 7.60. The molecule has 1 unspecified atom stereocenters. The molecule has 6 nitrogen and oxygen atoms in total. The molecule has 39 heavy (non-hydrogen) atoms. The first kappa shape index (κ1) is 8.72. The average molecular weight is 594 g/mol. The SMILES string of the molecule is [2H]C(COC(=O)CCCCCCCCC)(COC(=O)C([2H])([2H])C([2H])([2H])C([2H])([2H])C([2H])([2H])C([2H])([2H])C([2H])([2H])C([2H])([2H])C([2H])([2H])C([2H])([2H])[2H])OC(=O)C([2H])([2H])C([2H])([2H])C([2H])([2H])C([2H])([2H])C([2H])([2H])C([2H])([2H])C([2H])([2H])C([2H])([2H])C([2H])([2H])[2H]. The highest BCUT2D eigenvalue weighted by atomic mass is 16.6. The maximum absolute atomic E-state index is 13.7. The minimum atomic E-state index is -5.05. The Morgan fingerprint density at radius 3 is 1.64 bits per heavy atom. The monoisotopic (exact) mass is 594 g/mol. The second-order valence-corrected chi connectivity index (χ2v) is 7.04. The van der Waals surface area contributed by atoms with Crippen molar-refractivity contribution in [3.8, 4) is 0 Å². The summed E-state index contributed by atoms with van der Waals surface area (Å²) in [5.74, 6) is -7.03. The third kappa shape index (κ3) is 27.8. The summed E-state index contributed by atoms with van der Waals surface area (Å²) in [6.07, 6.45) is -77.5. The third-order valence-corrected chi connectivity index (χ3v) is 4.06. The molecular weight excluding hydrogens is 492 g/mol. The van der Waals surface area contributed by atoms with Gasteiger partial charge in [0.25, 0.3) is 0 Å². The molecular formula is C33H62O6. The van der Waals surface area contributed by atoms with E-state index >= 15 is 0 Å². The van der Waals surface area contributed by atoms with E-state index in [1.54, 1.807) is 0 Å². The van der Waals surface area contributed by atoms with Crippen LogP contribution in [0.2, 0.25) is 0 Å². The van der Waals surface area contributed by atoms with Crippen LogP contribution in [-0.4, -0.2) is 37.2 Å². The van der Waals surface area contributed by atoms with Crippen molar-refractivity contribution in [2.24, 2.45) is 0 Å². The number of ether oxygens (including phenoxy) is 3. The lowest BCUT2D eigenvalue weighted by molar-refractivity contribution is -0.167. The van der Waals surface area contributed by atoms with Crippen LogP contribution in [0.25, 0.3) is 0 Å². The number of rotatable bonds is 29. The predicted molar refractivity (Wildman–Crippen MR) is 160 cm³/mol. The van der Waals surface area contributed by atoms with E-state index in [9.17, 15) is 14.4 Å². The number of unbranched alkanes of at least 4 members (excludes halogenated alkanes) is 6. The summed E-state index contributed by atoms with van der Waals surface area (Å²) in [4.78, 5) is 39.9. The summed E-state index contributed by atoms with van der Waals surface area (Å²) in [7, 11) is 0.